The zero-order valence-electron chi connectivity index (χ0n) is 23.8. The van der Waals surface area contributed by atoms with Gasteiger partial charge < -0.3 is 19.1 Å². The third-order valence-electron chi connectivity index (χ3n) is 10.9. The van der Waals surface area contributed by atoms with Gasteiger partial charge >= 0.3 is 0 Å². The van der Waals surface area contributed by atoms with E-state index in [4.69, 9.17) is 14.2 Å². The van der Waals surface area contributed by atoms with Gasteiger partial charge in [-0.25, -0.2) is 0 Å². The Labute approximate surface area is 227 Å². The summed E-state index contributed by atoms with van der Waals surface area (Å²) in [4.78, 5) is 16.6. The van der Waals surface area contributed by atoms with Gasteiger partial charge in [-0.2, -0.15) is 0 Å². The van der Waals surface area contributed by atoms with Crippen LogP contribution in [-0.4, -0.2) is 45.1 Å². The second kappa shape index (κ2) is 9.50. The van der Waals surface area contributed by atoms with Crippen LogP contribution in [0.4, 0.5) is 0 Å². The van der Waals surface area contributed by atoms with Gasteiger partial charge in [0.15, 0.2) is 17.3 Å². The molecular weight excluding hydrogens is 474 g/mol. The van der Waals surface area contributed by atoms with E-state index in [-0.39, 0.29) is 10.8 Å². The Bertz CT molecular complexity index is 1200. The largest absolute Gasteiger partial charge is 0.493 e. The first-order valence-electron chi connectivity index (χ1n) is 14.5. The van der Waals surface area contributed by atoms with Crippen LogP contribution < -0.4 is 14.2 Å². The lowest BCUT2D eigenvalue weighted by Gasteiger charge is -2.55. The highest BCUT2D eigenvalue weighted by molar-refractivity contribution is 6.06. The average Bonchev–Trinajstić information content (AvgIpc) is 3.55. The van der Waals surface area contributed by atoms with E-state index in [1.807, 2.05) is 12.1 Å². The molecule has 0 aromatic heterocycles. The molecule has 0 bridgehead atoms. The highest BCUT2D eigenvalue weighted by Crippen LogP contribution is 2.64. The number of rotatable bonds is 5. The summed E-state index contributed by atoms with van der Waals surface area (Å²) >= 11 is 0. The first-order chi connectivity index (χ1) is 18.3. The Hall–Kier alpha value is -2.69. The molecule has 5 nitrogen and oxygen atoms in total. The number of benzene rings is 1. The average molecular weight is 518 g/mol. The molecule has 1 heterocycles. The lowest BCUT2D eigenvalue weighted by Crippen LogP contribution is -2.49. The van der Waals surface area contributed by atoms with Crippen molar-refractivity contribution in [2.45, 2.75) is 65.2 Å². The minimum Gasteiger partial charge on any atom is -0.493 e. The third kappa shape index (κ3) is 3.83. The van der Waals surface area contributed by atoms with Crippen molar-refractivity contribution in [1.29, 1.82) is 0 Å². The van der Waals surface area contributed by atoms with Gasteiger partial charge in [-0.15, -0.1) is 0 Å². The molecular formula is C33H43NO4. The fourth-order valence-corrected chi connectivity index (χ4v) is 8.75. The smallest absolute Gasteiger partial charge is 0.203 e. The van der Waals surface area contributed by atoms with Gasteiger partial charge in [0.05, 0.1) is 21.3 Å². The lowest BCUT2D eigenvalue weighted by molar-refractivity contribution is -0.129. The van der Waals surface area contributed by atoms with Crippen molar-refractivity contribution in [3.05, 3.63) is 46.7 Å². The number of likely N-dealkylation sites (tertiary alicyclic amines) is 1. The topological polar surface area (TPSA) is 48.0 Å². The number of ether oxygens (including phenoxy) is 3. The molecule has 0 N–H and O–H groups in total. The lowest BCUT2D eigenvalue weighted by atomic mass is 9.49. The standard InChI is InChI=1S/C33H43NO4/c1-32-12-10-24(34-14-6-7-15-34)20-23(32)8-9-25-26(32)11-13-33(2)27(25)19-22(31(33)35)16-21-17-28(36-3)30(38-5)29(18-21)37-4/h8,16-18,20,25-27H,6-7,9-15,19H2,1-5H3/b22-16+/t25-,26+,27+,32+,33+/m1/s1. The summed E-state index contributed by atoms with van der Waals surface area (Å²) in [7, 11) is 4.87. The van der Waals surface area contributed by atoms with Crippen molar-refractivity contribution in [2.24, 2.45) is 28.6 Å². The highest BCUT2D eigenvalue weighted by Gasteiger charge is 2.59. The Morgan fingerprint density at radius 1 is 0.947 bits per heavy atom. The number of nitrogens with zero attached hydrogens (tertiary/aromatic N) is 1. The van der Waals surface area contributed by atoms with Crippen LogP contribution in [-0.2, 0) is 4.79 Å². The number of methoxy groups -OCH3 is 3. The maximum atomic E-state index is 13.9. The van der Waals surface area contributed by atoms with E-state index in [0.717, 1.165) is 36.8 Å². The molecule has 1 aliphatic heterocycles. The summed E-state index contributed by atoms with van der Waals surface area (Å²) in [5.74, 6) is 3.78. The molecule has 5 aliphatic rings. The van der Waals surface area contributed by atoms with Crippen LogP contribution in [0, 0.1) is 28.6 Å². The van der Waals surface area contributed by atoms with Crippen molar-refractivity contribution in [3.8, 4) is 17.2 Å². The van der Waals surface area contributed by atoms with Crippen molar-refractivity contribution >= 4 is 11.9 Å². The fourth-order valence-electron chi connectivity index (χ4n) is 8.75. The van der Waals surface area contributed by atoms with Crippen LogP contribution in [0.25, 0.3) is 6.08 Å². The second-order valence-electron chi connectivity index (χ2n) is 12.6. The van der Waals surface area contributed by atoms with Crippen LogP contribution >= 0.6 is 0 Å². The van der Waals surface area contributed by atoms with Crippen LogP contribution in [0.1, 0.15) is 70.8 Å². The van der Waals surface area contributed by atoms with E-state index in [9.17, 15) is 4.79 Å². The third-order valence-corrected chi connectivity index (χ3v) is 10.9. The molecule has 0 unspecified atom stereocenters. The molecule has 5 atom stereocenters. The summed E-state index contributed by atoms with van der Waals surface area (Å²) in [5, 5.41) is 0. The maximum Gasteiger partial charge on any atom is 0.203 e. The molecule has 0 spiro atoms. The van der Waals surface area contributed by atoms with E-state index in [0.29, 0.717) is 40.8 Å². The van der Waals surface area contributed by atoms with Gasteiger partial charge in [-0.3, -0.25) is 4.79 Å². The molecule has 1 saturated heterocycles. The zero-order valence-corrected chi connectivity index (χ0v) is 23.8. The SMILES string of the molecule is COc1cc(/C=C2\C[C@H]3[C@@H]4CC=C5C=C(N6CCCC6)CC[C@]5(C)[C@H]4CC[C@]3(C)C2=O)cc(OC)c1OC. The van der Waals surface area contributed by atoms with Gasteiger partial charge in [0.25, 0.3) is 0 Å². The molecule has 38 heavy (non-hydrogen) atoms. The number of Topliss-reactive ketones (excluding diaryl/α,β-unsaturated/α-hetero) is 1. The Morgan fingerprint density at radius 2 is 1.66 bits per heavy atom. The quantitative estimate of drug-likeness (QED) is 0.401. The summed E-state index contributed by atoms with van der Waals surface area (Å²) in [6.07, 6.45) is 16.4. The van der Waals surface area contributed by atoms with Gasteiger partial charge in [0.2, 0.25) is 5.75 Å². The predicted octanol–water partition coefficient (Wildman–Crippen LogP) is 6.83. The molecule has 0 radical (unpaired) electrons. The summed E-state index contributed by atoms with van der Waals surface area (Å²) in [5.41, 5.74) is 4.99. The van der Waals surface area contributed by atoms with Crippen molar-refractivity contribution in [3.63, 3.8) is 0 Å². The van der Waals surface area contributed by atoms with Gasteiger partial charge in [0, 0.05) is 24.2 Å². The molecule has 5 heteroatoms. The number of fused-ring (bicyclic) bond motifs is 5. The number of hydrogen-bond acceptors (Lipinski definition) is 5. The molecule has 1 aromatic carbocycles. The maximum absolute atomic E-state index is 13.9. The van der Waals surface area contributed by atoms with Crippen LogP contribution in [0.2, 0.25) is 0 Å². The monoisotopic (exact) mass is 517 g/mol. The zero-order chi connectivity index (χ0) is 26.7. The number of hydrogen-bond donors (Lipinski definition) is 0. The Kier molecular flexibility index (Phi) is 6.39. The number of carbonyl (C=O) groups excluding carboxylic acids is 1. The second-order valence-corrected chi connectivity index (χ2v) is 12.6. The van der Waals surface area contributed by atoms with E-state index >= 15 is 0 Å². The van der Waals surface area contributed by atoms with Gasteiger partial charge in [-0.1, -0.05) is 19.9 Å². The Morgan fingerprint density at radius 3 is 2.32 bits per heavy atom. The number of carbonyl (C=O) groups is 1. The highest BCUT2D eigenvalue weighted by atomic mass is 16.5. The van der Waals surface area contributed by atoms with Crippen LogP contribution in [0.15, 0.2) is 41.1 Å². The summed E-state index contributed by atoms with van der Waals surface area (Å²) in [6.45, 7) is 7.23. The van der Waals surface area contributed by atoms with Crippen molar-refractivity contribution in [1.82, 2.24) is 4.90 Å². The first kappa shape index (κ1) is 25.6. The summed E-state index contributed by atoms with van der Waals surface area (Å²) < 4.78 is 16.6. The molecule has 0 amide bonds. The minimum atomic E-state index is -0.263. The van der Waals surface area contributed by atoms with E-state index < -0.39 is 0 Å². The van der Waals surface area contributed by atoms with Gasteiger partial charge in [-0.05, 0) is 116 Å². The van der Waals surface area contributed by atoms with E-state index in [1.54, 1.807) is 32.6 Å². The molecule has 2 saturated carbocycles. The number of allylic oxidation sites excluding steroid dienone is 5. The van der Waals surface area contributed by atoms with Crippen molar-refractivity contribution < 1.29 is 19.0 Å². The normalized spacial score (nSPS) is 35.3. The van der Waals surface area contributed by atoms with E-state index in [2.05, 4.69) is 37.0 Å². The Balaban J connectivity index is 1.30. The molecule has 1 aromatic rings. The van der Waals surface area contributed by atoms with Crippen LogP contribution in [0.3, 0.4) is 0 Å². The van der Waals surface area contributed by atoms with Gasteiger partial charge in [0.1, 0.15) is 0 Å². The van der Waals surface area contributed by atoms with Crippen LogP contribution in [0.5, 0.6) is 17.2 Å². The predicted molar refractivity (Wildman–Crippen MR) is 150 cm³/mol. The molecule has 6 rings (SSSR count). The molecule has 3 fully saturated rings. The first-order valence-corrected chi connectivity index (χ1v) is 14.5. The van der Waals surface area contributed by atoms with E-state index in [1.165, 1.54) is 38.8 Å². The minimum absolute atomic E-state index is 0.236. The van der Waals surface area contributed by atoms with Crippen molar-refractivity contribution in [2.75, 3.05) is 34.4 Å². The molecule has 4 aliphatic carbocycles. The number of ketones is 1. The fraction of sp³-hybridized carbons (Fsp3) is 0.606. The molecule has 204 valence electrons. The summed E-state index contributed by atoms with van der Waals surface area (Å²) in [6, 6.07) is 3.88.